The van der Waals surface area contributed by atoms with Crippen molar-refractivity contribution in [3.63, 3.8) is 0 Å². The first-order chi connectivity index (χ1) is 8.54. The number of nitrogens with zero attached hydrogens (tertiary/aromatic N) is 3. The van der Waals surface area contributed by atoms with Crippen LogP contribution in [0.1, 0.15) is 6.42 Å². The van der Waals surface area contributed by atoms with E-state index in [1.54, 1.807) is 18.0 Å². The van der Waals surface area contributed by atoms with Gasteiger partial charge in [0.15, 0.2) is 5.96 Å². The van der Waals surface area contributed by atoms with Gasteiger partial charge in [-0.3, -0.25) is 15.1 Å². The van der Waals surface area contributed by atoms with Crippen LogP contribution < -0.4 is 0 Å². The SMILES string of the molecule is CN1C(=N)N(C)C(C2C=CC=C(C#N)S2)CC1=O. The predicted molar refractivity (Wildman–Crippen MR) is 70.9 cm³/mol. The van der Waals surface area contributed by atoms with Gasteiger partial charge >= 0.3 is 0 Å². The van der Waals surface area contributed by atoms with Crippen molar-refractivity contribution in [2.24, 2.45) is 0 Å². The second-order valence-corrected chi connectivity index (χ2v) is 5.49. The topological polar surface area (TPSA) is 71.2 Å². The number of nitriles is 1. The number of carbonyl (C=O) groups is 1. The van der Waals surface area contributed by atoms with Crippen molar-refractivity contribution in [1.29, 1.82) is 10.7 Å². The zero-order valence-corrected chi connectivity index (χ0v) is 11.1. The van der Waals surface area contributed by atoms with Crippen LogP contribution in [0.2, 0.25) is 0 Å². The number of hydrogen-bond donors (Lipinski definition) is 1. The molecule has 0 bridgehead atoms. The monoisotopic (exact) mass is 262 g/mol. The van der Waals surface area contributed by atoms with Gasteiger partial charge < -0.3 is 4.90 Å². The summed E-state index contributed by atoms with van der Waals surface area (Å²) in [5, 5.41) is 16.8. The summed E-state index contributed by atoms with van der Waals surface area (Å²) in [6.45, 7) is 0. The lowest BCUT2D eigenvalue weighted by atomic mass is 10.0. The summed E-state index contributed by atoms with van der Waals surface area (Å²) in [7, 11) is 3.43. The van der Waals surface area contributed by atoms with Gasteiger partial charge in [-0.2, -0.15) is 5.26 Å². The number of rotatable bonds is 1. The minimum atomic E-state index is -0.0699. The fraction of sp³-hybridized carbons (Fsp3) is 0.417. The van der Waals surface area contributed by atoms with Crippen LogP contribution in [0.3, 0.4) is 0 Å². The summed E-state index contributed by atoms with van der Waals surface area (Å²) in [4.78, 5) is 15.6. The molecule has 6 heteroatoms. The Morgan fingerprint density at radius 3 is 2.94 bits per heavy atom. The van der Waals surface area contributed by atoms with Crippen molar-refractivity contribution in [1.82, 2.24) is 9.80 Å². The third-order valence-electron chi connectivity index (χ3n) is 3.21. The highest BCUT2D eigenvalue weighted by atomic mass is 32.2. The molecule has 2 heterocycles. The zero-order chi connectivity index (χ0) is 13.3. The van der Waals surface area contributed by atoms with Crippen LogP contribution in [0.25, 0.3) is 0 Å². The molecule has 1 saturated heterocycles. The Morgan fingerprint density at radius 1 is 1.56 bits per heavy atom. The summed E-state index contributed by atoms with van der Waals surface area (Å²) in [6.07, 6.45) is 5.97. The van der Waals surface area contributed by atoms with E-state index in [0.29, 0.717) is 11.3 Å². The molecule has 0 spiro atoms. The van der Waals surface area contributed by atoms with Gasteiger partial charge in [-0.25, -0.2) is 0 Å². The molecule has 2 unspecified atom stereocenters. The Labute approximate surface area is 110 Å². The Kier molecular flexibility index (Phi) is 3.43. The fourth-order valence-electron chi connectivity index (χ4n) is 2.05. The van der Waals surface area contributed by atoms with Crippen LogP contribution in [0.15, 0.2) is 23.1 Å². The Morgan fingerprint density at radius 2 is 2.28 bits per heavy atom. The molecule has 0 saturated carbocycles. The minimum Gasteiger partial charge on any atom is -0.341 e. The van der Waals surface area contributed by atoms with E-state index >= 15 is 0 Å². The molecular formula is C12H14N4OS. The molecule has 0 radical (unpaired) electrons. The maximum atomic E-state index is 11.8. The number of guanidine groups is 1. The average Bonchev–Trinajstić information content (AvgIpc) is 2.40. The number of hydrogen-bond acceptors (Lipinski definition) is 4. The van der Waals surface area contributed by atoms with E-state index in [0.717, 1.165) is 0 Å². The van der Waals surface area contributed by atoms with Gasteiger partial charge in [0.2, 0.25) is 5.91 Å². The van der Waals surface area contributed by atoms with Crippen LogP contribution in [0.5, 0.6) is 0 Å². The molecule has 18 heavy (non-hydrogen) atoms. The number of thioether (sulfide) groups is 1. The maximum absolute atomic E-state index is 11.8. The van der Waals surface area contributed by atoms with Crippen molar-refractivity contribution < 1.29 is 4.79 Å². The molecule has 1 amide bonds. The van der Waals surface area contributed by atoms with E-state index in [9.17, 15) is 4.79 Å². The summed E-state index contributed by atoms with van der Waals surface area (Å²) < 4.78 is 0. The lowest BCUT2D eigenvalue weighted by molar-refractivity contribution is -0.129. The number of carbonyl (C=O) groups excluding carboxylic acids is 1. The summed E-state index contributed by atoms with van der Waals surface area (Å²) in [5.74, 6) is 0.156. The standard InChI is InChI=1S/C12H14N4OS/c1-15-9(6-11(17)16(2)12(15)14)10-5-3-4-8(7-13)18-10/h3-5,9-10,14H,6H2,1-2H3. The lowest BCUT2D eigenvalue weighted by Crippen LogP contribution is -2.57. The molecule has 1 fully saturated rings. The first-order valence-electron chi connectivity index (χ1n) is 5.57. The molecule has 2 atom stereocenters. The average molecular weight is 262 g/mol. The molecular weight excluding hydrogens is 248 g/mol. The van der Waals surface area contributed by atoms with Crippen LogP contribution in [-0.4, -0.2) is 47.1 Å². The zero-order valence-electron chi connectivity index (χ0n) is 10.3. The number of nitrogens with one attached hydrogen (secondary N) is 1. The van der Waals surface area contributed by atoms with Gasteiger partial charge in [-0.1, -0.05) is 12.2 Å². The van der Waals surface area contributed by atoms with Gasteiger partial charge in [-0.15, -0.1) is 11.8 Å². The normalized spacial score (nSPS) is 28.2. The van der Waals surface area contributed by atoms with E-state index in [2.05, 4.69) is 6.07 Å². The molecule has 0 aromatic carbocycles. The number of amides is 1. The first kappa shape index (κ1) is 12.7. The summed E-state index contributed by atoms with van der Waals surface area (Å²) in [6, 6.07) is 2.05. The summed E-state index contributed by atoms with van der Waals surface area (Å²) in [5.41, 5.74) is 0. The smallest absolute Gasteiger partial charge is 0.231 e. The largest absolute Gasteiger partial charge is 0.341 e. The molecule has 2 aliphatic rings. The second-order valence-electron chi connectivity index (χ2n) is 4.27. The van der Waals surface area contributed by atoms with Crippen molar-refractivity contribution in [3.8, 4) is 6.07 Å². The minimum absolute atomic E-state index is 0.0349. The second kappa shape index (κ2) is 4.86. The highest BCUT2D eigenvalue weighted by molar-refractivity contribution is 8.04. The third-order valence-corrected chi connectivity index (χ3v) is 4.43. The van der Waals surface area contributed by atoms with Gasteiger partial charge in [0.05, 0.1) is 10.9 Å². The lowest BCUT2D eigenvalue weighted by Gasteiger charge is -2.41. The Balaban J connectivity index is 2.17. The van der Waals surface area contributed by atoms with Crippen molar-refractivity contribution in [2.75, 3.05) is 14.1 Å². The molecule has 1 N–H and O–H groups in total. The van der Waals surface area contributed by atoms with E-state index in [-0.39, 0.29) is 23.2 Å². The fourth-order valence-corrected chi connectivity index (χ4v) is 3.16. The highest BCUT2D eigenvalue weighted by Crippen LogP contribution is 2.33. The van der Waals surface area contributed by atoms with Crippen LogP contribution in [-0.2, 0) is 4.79 Å². The van der Waals surface area contributed by atoms with Gasteiger partial charge in [0.1, 0.15) is 6.07 Å². The van der Waals surface area contributed by atoms with E-state index in [1.807, 2.05) is 19.2 Å². The molecule has 0 aromatic heterocycles. The van der Waals surface area contributed by atoms with Gasteiger partial charge in [0, 0.05) is 25.8 Å². The maximum Gasteiger partial charge on any atom is 0.231 e. The van der Waals surface area contributed by atoms with Crippen molar-refractivity contribution >= 4 is 23.6 Å². The molecule has 94 valence electrons. The van der Waals surface area contributed by atoms with Crippen molar-refractivity contribution in [3.05, 3.63) is 23.1 Å². The van der Waals surface area contributed by atoms with Crippen LogP contribution in [0.4, 0.5) is 0 Å². The highest BCUT2D eigenvalue weighted by Gasteiger charge is 2.36. The molecule has 5 nitrogen and oxygen atoms in total. The van der Waals surface area contributed by atoms with Gasteiger partial charge in [0.25, 0.3) is 0 Å². The molecule has 2 aliphatic heterocycles. The summed E-state index contributed by atoms with van der Waals surface area (Å²) >= 11 is 1.45. The Hall–Kier alpha value is -1.74. The predicted octanol–water partition coefficient (Wildman–Crippen LogP) is 1.16. The Bertz CT molecular complexity index is 491. The molecule has 2 rings (SSSR count). The number of allylic oxidation sites excluding steroid dienone is 3. The quantitative estimate of drug-likeness (QED) is 0.770. The molecule has 0 aliphatic carbocycles. The van der Waals surface area contributed by atoms with Crippen LogP contribution in [0, 0.1) is 16.7 Å². The first-order valence-corrected chi connectivity index (χ1v) is 6.45. The van der Waals surface area contributed by atoms with Crippen molar-refractivity contribution in [2.45, 2.75) is 17.7 Å². The van der Waals surface area contributed by atoms with Gasteiger partial charge in [-0.05, 0) is 6.08 Å². The third kappa shape index (κ3) is 2.14. The van der Waals surface area contributed by atoms with E-state index in [1.165, 1.54) is 16.7 Å². The van der Waals surface area contributed by atoms with E-state index in [4.69, 9.17) is 10.7 Å². The van der Waals surface area contributed by atoms with Crippen LogP contribution >= 0.6 is 11.8 Å². The van der Waals surface area contributed by atoms with E-state index < -0.39 is 0 Å². The molecule has 0 aromatic rings.